The predicted molar refractivity (Wildman–Crippen MR) is 167 cm³/mol. The highest BCUT2D eigenvalue weighted by Crippen LogP contribution is 2.41. The van der Waals surface area contributed by atoms with E-state index in [0.717, 1.165) is 11.6 Å². The van der Waals surface area contributed by atoms with Crippen LogP contribution in [-0.4, -0.2) is 116 Å². The maximum Gasteiger partial charge on any atom is 0.239 e. The van der Waals surface area contributed by atoms with Gasteiger partial charge in [-0.2, -0.15) is 0 Å². The summed E-state index contributed by atoms with van der Waals surface area (Å²) in [5.74, 6) is -1.21. The molecule has 1 aromatic heterocycles. The first-order valence-electron chi connectivity index (χ1n) is 15.2. The molecule has 10 unspecified atom stereocenters. The summed E-state index contributed by atoms with van der Waals surface area (Å²) < 4.78 is 34.6. The molecule has 5 rings (SSSR count). The highest BCUT2D eigenvalue weighted by atomic mass is 16.8. The maximum atomic E-state index is 14.3. The largest absolute Gasteiger partial charge is 0.507 e. The Hall–Kier alpha value is -3.77. The summed E-state index contributed by atoms with van der Waals surface area (Å²) in [4.78, 5) is 14.3. The highest BCUT2D eigenvalue weighted by molar-refractivity contribution is 5.91. The van der Waals surface area contributed by atoms with E-state index in [2.05, 4.69) is 0 Å². The van der Waals surface area contributed by atoms with Crippen molar-refractivity contribution in [3.63, 3.8) is 0 Å². The van der Waals surface area contributed by atoms with E-state index in [4.69, 9.17) is 28.1 Å². The number of methoxy groups -OCH3 is 1. The summed E-state index contributed by atoms with van der Waals surface area (Å²) in [6.07, 6.45) is -14.4. The molecule has 48 heavy (non-hydrogen) atoms. The van der Waals surface area contributed by atoms with Crippen molar-refractivity contribution in [3.05, 3.63) is 57.8 Å². The van der Waals surface area contributed by atoms with Crippen LogP contribution in [0.2, 0.25) is 0 Å². The standard InChI is InChI=1S/C33H40O15/c1-13(2)5-10-17-18(35)11-19(36)21-24(39)30(28(46-29(17)21)15-6-8-16(43-4)9-7-15)47-33-31(26(41)23(38)20(12-34)45-33)48-32-27(42)25(40)22(37)14(3)44-32/h5-9,11,14,20,22-23,25-27,31-38,40-42H,10,12H2,1-4H3. The average Bonchev–Trinajstić information content (AvgIpc) is 3.06. The van der Waals surface area contributed by atoms with Crippen LogP contribution < -0.4 is 14.9 Å². The molecular formula is C33H40O15. The van der Waals surface area contributed by atoms with Crippen molar-refractivity contribution in [2.24, 2.45) is 0 Å². The first kappa shape index (κ1) is 35.5. The van der Waals surface area contributed by atoms with Crippen molar-refractivity contribution in [3.8, 4) is 34.3 Å². The zero-order valence-electron chi connectivity index (χ0n) is 26.6. The second kappa shape index (κ2) is 14.4. The van der Waals surface area contributed by atoms with E-state index < -0.39 is 84.9 Å². The number of allylic oxidation sites excluding steroid dienone is 2. The predicted octanol–water partition coefficient (Wildman–Crippen LogP) is 0.419. The lowest BCUT2D eigenvalue weighted by molar-refractivity contribution is -0.354. The Labute approximate surface area is 274 Å². The minimum atomic E-state index is -1.87. The molecule has 0 spiro atoms. The van der Waals surface area contributed by atoms with Gasteiger partial charge in [0.25, 0.3) is 0 Å². The van der Waals surface area contributed by atoms with Gasteiger partial charge in [-0.3, -0.25) is 4.79 Å². The molecule has 0 saturated carbocycles. The lowest BCUT2D eigenvalue weighted by Crippen LogP contribution is -2.64. The number of rotatable bonds is 9. The highest BCUT2D eigenvalue weighted by Gasteiger charge is 2.51. The lowest BCUT2D eigenvalue weighted by atomic mass is 9.97. The number of aliphatic hydroxyl groups is 6. The Morgan fingerprint density at radius 1 is 0.896 bits per heavy atom. The van der Waals surface area contributed by atoms with Gasteiger partial charge in [0.2, 0.25) is 17.5 Å². The minimum absolute atomic E-state index is 0.130. The van der Waals surface area contributed by atoms with Crippen molar-refractivity contribution in [2.75, 3.05) is 13.7 Å². The molecule has 0 aliphatic carbocycles. The fourth-order valence-electron chi connectivity index (χ4n) is 5.61. The third-order valence-corrected chi connectivity index (χ3v) is 8.41. The molecule has 15 heteroatoms. The zero-order chi connectivity index (χ0) is 35.0. The molecule has 2 aliphatic heterocycles. The summed E-state index contributed by atoms with van der Waals surface area (Å²) >= 11 is 0. The third-order valence-electron chi connectivity index (χ3n) is 8.41. The molecule has 3 aromatic rings. The Bertz CT molecular complexity index is 1680. The number of hydrogen-bond acceptors (Lipinski definition) is 15. The molecule has 262 valence electrons. The Morgan fingerprint density at radius 2 is 1.58 bits per heavy atom. The van der Waals surface area contributed by atoms with E-state index in [-0.39, 0.29) is 40.0 Å². The van der Waals surface area contributed by atoms with Crippen molar-refractivity contribution < 1.29 is 69.0 Å². The van der Waals surface area contributed by atoms with Gasteiger partial charge in [0, 0.05) is 17.2 Å². The van der Waals surface area contributed by atoms with Crippen LogP contribution in [0.3, 0.4) is 0 Å². The van der Waals surface area contributed by atoms with Crippen molar-refractivity contribution in [1.29, 1.82) is 0 Å². The van der Waals surface area contributed by atoms with E-state index >= 15 is 0 Å². The van der Waals surface area contributed by atoms with E-state index in [0.29, 0.717) is 5.75 Å². The van der Waals surface area contributed by atoms with Crippen LogP contribution in [-0.2, 0) is 20.6 Å². The van der Waals surface area contributed by atoms with Crippen molar-refractivity contribution >= 4 is 11.0 Å². The van der Waals surface area contributed by atoms with Gasteiger partial charge >= 0.3 is 0 Å². The van der Waals surface area contributed by atoms with Crippen LogP contribution in [0.5, 0.6) is 23.0 Å². The number of ether oxygens (including phenoxy) is 5. The van der Waals surface area contributed by atoms with Crippen LogP contribution in [0.25, 0.3) is 22.3 Å². The quantitative estimate of drug-likeness (QED) is 0.143. The van der Waals surface area contributed by atoms with Crippen molar-refractivity contribution in [1.82, 2.24) is 0 Å². The van der Waals surface area contributed by atoms with Gasteiger partial charge in [0.1, 0.15) is 64.8 Å². The summed E-state index contributed by atoms with van der Waals surface area (Å²) in [6.45, 7) is 4.31. The van der Waals surface area contributed by atoms with Gasteiger partial charge in [-0.25, -0.2) is 0 Å². The van der Waals surface area contributed by atoms with Gasteiger partial charge in [-0.05, 0) is 51.5 Å². The fraction of sp³-hybridized carbons (Fsp3) is 0.485. The Kier molecular flexibility index (Phi) is 10.6. The molecular weight excluding hydrogens is 636 g/mol. The number of phenolic OH excluding ortho intramolecular Hbond substituents is 2. The number of benzene rings is 2. The third kappa shape index (κ3) is 6.74. The van der Waals surface area contributed by atoms with Crippen LogP contribution >= 0.6 is 0 Å². The monoisotopic (exact) mass is 676 g/mol. The van der Waals surface area contributed by atoms with Gasteiger partial charge in [0.15, 0.2) is 18.2 Å². The van der Waals surface area contributed by atoms with Crippen LogP contribution in [0.15, 0.2) is 51.2 Å². The number of fused-ring (bicyclic) bond motifs is 1. The zero-order valence-corrected chi connectivity index (χ0v) is 26.6. The molecule has 15 nitrogen and oxygen atoms in total. The van der Waals surface area contributed by atoms with Crippen LogP contribution in [0, 0.1) is 0 Å². The van der Waals surface area contributed by atoms with E-state index in [1.807, 2.05) is 13.8 Å². The molecule has 2 saturated heterocycles. The van der Waals surface area contributed by atoms with E-state index in [1.54, 1.807) is 30.3 Å². The van der Waals surface area contributed by atoms with Crippen LogP contribution in [0.4, 0.5) is 0 Å². The number of aliphatic hydroxyl groups excluding tert-OH is 6. The number of aromatic hydroxyl groups is 2. The second-order valence-corrected chi connectivity index (χ2v) is 12.0. The Balaban J connectivity index is 1.67. The molecule has 2 aliphatic rings. The average molecular weight is 677 g/mol. The molecule has 10 atom stereocenters. The molecule has 0 bridgehead atoms. The molecule has 3 heterocycles. The smallest absolute Gasteiger partial charge is 0.239 e. The molecule has 2 aromatic carbocycles. The minimum Gasteiger partial charge on any atom is -0.507 e. The SMILES string of the molecule is COc1ccc(-c2oc3c(CC=C(C)C)c(O)cc(O)c3c(=O)c2OC2OC(CO)C(O)C(O)C2OC2OC(C)C(O)C(O)C2O)cc1. The second-order valence-electron chi connectivity index (χ2n) is 12.0. The van der Waals surface area contributed by atoms with Crippen LogP contribution in [0.1, 0.15) is 26.3 Å². The summed E-state index contributed by atoms with van der Waals surface area (Å²) in [7, 11) is 1.46. The molecule has 2 fully saturated rings. The molecule has 0 radical (unpaired) electrons. The van der Waals surface area contributed by atoms with E-state index in [9.17, 15) is 45.6 Å². The first-order valence-corrected chi connectivity index (χ1v) is 15.2. The summed E-state index contributed by atoms with van der Waals surface area (Å²) in [5, 5.41) is 84.0. The topological polar surface area (TPSA) is 238 Å². The van der Waals surface area contributed by atoms with Gasteiger partial charge < -0.3 is 69.0 Å². The summed E-state index contributed by atoms with van der Waals surface area (Å²) in [5.41, 5.74) is 0.355. The number of hydrogen-bond donors (Lipinski definition) is 8. The first-order chi connectivity index (χ1) is 22.8. The van der Waals surface area contributed by atoms with E-state index in [1.165, 1.54) is 14.0 Å². The lowest BCUT2D eigenvalue weighted by Gasteiger charge is -2.45. The fourth-order valence-corrected chi connectivity index (χ4v) is 5.61. The van der Waals surface area contributed by atoms with Gasteiger partial charge in [-0.1, -0.05) is 11.6 Å². The van der Waals surface area contributed by atoms with Gasteiger partial charge in [-0.15, -0.1) is 0 Å². The molecule has 0 amide bonds. The maximum absolute atomic E-state index is 14.3. The Morgan fingerprint density at radius 3 is 2.21 bits per heavy atom. The normalized spacial score (nSPS) is 30.6. The number of phenols is 2. The van der Waals surface area contributed by atoms with Gasteiger partial charge in [0.05, 0.1) is 19.8 Å². The van der Waals surface area contributed by atoms with Crippen molar-refractivity contribution in [2.45, 2.75) is 88.6 Å². The summed E-state index contributed by atoms with van der Waals surface area (Å²) in [6, 6.07) is 7.28. The molecule has 8 N–H and O–H groups in total.